The van der Waals surface area contributed by atoms with E-state index in [2.05, 4.69) is 33.3 Å². The lowest BCUT2D eigenvalue weighted by molar-refractivity contribution is 0.602. The van der Waals surface area contributed by atoms with Gasteiger partial charge in [-0.05, 0) is 43.2 Å². The molecule has 0 saturated heterocycles. The van der Waals surface area contributed by atoms with Crippen molar-refractivity contribution >= 4 is 37.6 Å². The van der Waals surface area contributed by atoms with Gasteiger partial charge in [-0.2, -0.15) is 0 Å². The van der Waals surface area contributed by atoms with E-state index in [1.165, 1.54) is 0 Å². The molecule has 5 aromatic rings. The molecule has 0 saturated carbocycles. The molecule has 3 heterocycles. The third kappa shape index (κ3) is 3.67. The number of fused-ring (bicyclic) bond motifs is 2. The number of aryl methyl sites for hydroxylation is 2. The fourth-order valence-electron chi connectivity index (χ4n) is 4.34. The van der Waals surface area contributed by atoms with Crippen LogP contribution in [0.5, 0.6) is 0 Å². The van der Waals surface area contributed by atoms with Crippen molar-refractivity contribution in [2.45, 2.75) is 20.4 Å². The fourth-order valence-corrected chi connectivity index (χ4v) is 4.98. The zero-order valence-electron chi connectivity index (χ0n) is 19.2. The van der Waals surface area contributed by atoms with Gasteiger partial charge in [0.1, 0.15) is 16.9 Å². The molecule has 0 unspecified atom stereocenters. The van der Waals surface area contributed by atoms with E-state index < -0.39 is 10.0 Å². The summed E-state index contributed by atoms with van der Waals surface area (Å²) in [6, 6.07) is 15.5. The largest absolute Gasteiger partial charge is 0.345 e. The third-order valence-corrected chi connectivity index (χ3v) is 7.45. The number of sulfonamides is 1. The monoisotopic (exact) mass is 475 g/mol. The summed E-state index contributed by atoms with van der Waals surface area (Å²) in [5, 5.41) is 0.781. The maximum Gasteiger partial charge on any atom is 0.272 e. The summed E-state index contributed by atoms with van der Waals surface area (Å²) in [5.74, 6) is 0.629. The molecule has 0 aliphatic rings. The first-order valence-electron chi connectivity index (χ1n) is 11.0. The first kappa shape index (κ1) is 22.0. The Labute approximate surface area is 196 Å². The van der Waals surface area contributed by atoms with Crippen LogP contribution in [0.2, 0.25) is 0 Å². The normalized spacial score (nSPS) is 12.0. The Morgan fingerprint density at radius 2 is 1.88 bits per heavy atom. The molecule has 3 aromatic heterocycles. The summed E-state index contributed by atoms with van der Waals surface area (Å²) in [4.78, 5) is 20.2. The Kier molecular flexibility index (Phi) is 5.28. The average molecular weight is 476 g/mol. The van der Waals surface area contributed by atoms with Crippen molar-refractivity contribution < 1.29 is 8.42 Å². The maximum absolute atomic E-state index is 12.5. The van der Waals surface area contributed by atoms with Gasteiger partial charge in [-0.25, -0.2) is 13.4 Å². The number of pyridine rings is 1. The van der Waals surface area contributed by atoms with Crippen molar-refractivity contribution in [3.63, 3.8) is 0 Å². The number of nitrogens with one attached hydrogen (secondary N) is 2. The van der Waals surface area contributed by atoms with Gasteiger partial charge in [-0.1, -0.05) is 30.3 Å². The number of nitrogens with zero attached hydrogens (tertiary/aromatic N) is 3. The molecule has 174 valence electrons. The number of para-hydroxylation sites is 1. The van der Waals surface area contributed by atoms with Gasteiger partial charge in [0.25, 0.3) is 5.56 Å². The summed E-state index contributed by atoms with van der Waals surface area (Å²) in [6.07, 6.45) is 3.52. The molecule has 5 rings (SSSR count). The number of anilines is 1. The van der Waals surface area contributed by atoms with Crippen LogP contribution < -0.4 is 10.3 Å². The van der Waals surface area contributed by atoms with Gasteiger partial charge in [-0.15, -0.1) is 0 Å². The number of aromatic nitrogens is 4. The number of hydrogen-bond donors (Lipinski definition) is 2. The van der Waals surface area contributed by atoms with E-state index in [1.807, 2.05) is 43.6 Å². The van der Waals surface area contributed by atoms with Crippen molar-refractivity contribution in [2.75, 3.05) is 10.5 Å². The first-order valence-corrected chi connectivity index (χ1v) is 12.7. The summed E-state index contributed by atoms with van der Waals surface area (Å²) in [6.45, 7) is 4.20. The molecule has 0 atom stereocenters. The molecule has 0 aliphatic carbocycles. The lowest BCUT2D eigenvalue weighted by atomic mass is 10.1. The highest BCUT2D eigenvalue weighted by molar-refractivity contribution is 7.92. The molecular formula is C25H25N5O3S. The minimum Gasteiger partial charge on any atom is -0.345 e. The van der Waals surface area contributed by atoms with Crippen LogP contribution in [-0.4, -0.2) is 33.3 Å². The van der Waals surface area contributed by atoms with E-state index in [4.69, 9.17) is 4.98 Å². The summed E-state index contributed by atoms with van der Waals surface area (Å²) < 4.78 is 31.2. The smallest absolute Gasteiger partial charge is 0.272 e. The molecule has 0 aliphatic heterocycles. The average Bonchev–Trinajstić information content (AvgIpc) is 3.34. The third-order valence-electron chi connectivity index (χ3n) is 6.16. The van der Waals surface area contributed by atoms with E-state index in [0.29, 0.717) is 29.1 Å². The second kappa shape index (κ2) is 8.18. The molecule has 0 amide bonds. The van der Waals surface area contributed by atoms with Gasteiger partial charge in [0.05, 0.1) is 17.0 Å². The van der Waals surface area contributed by atoms with Crippen LogP contribution in [0.1, 0.15) is 18.1 Å². The maximum atomic E-state index is 12.5. The Hall–Kier alpha value is -3.85. The Balaban J connectivity index is 1.81. The van der Waals surface area contributed by atoms with Gasteiger partial charge in [0.15, 0.2) is 0 Å². The second-order valence-corrected chi connectivity index (χ2v) is 10.4. The Morgan fingerprint density at radius 1 is 1.09 bits per heavy atom. The minimum atomic E-state index is -3.48. The molecular weight excluding hydrogens is 450 g/mol. The topological polar surface area (TPSA) is 102 Å². The van der Waals surface area contributed by atoms with E-state index in [9.17, 15) is 13.2 Å². The van der Waals surface area contributed by atoms with E-state index in [1.54, 1.807) is 23.8 Å². The molecule has 2 aromatic carbocycles. The van der Waals surface area contributed by atoms with Crippen LogP contribution >= 0.6 is 0 Å². The summed E-state index contributed by atoms with van der Waals surface area (Å²) >= 11 is 0. The van der Waals surface area contributed by atoms with Gasteiger partial charge < -0.3 is 14.1 Å². The predicted molar refractivity (Wildman–Crippen MR) is 136 cm³/mol. The Morgan fingerprint density at radius 3 is 2.65 bits per heavy atom. The number of aromatic amines is 1. The number of H-pyrrole nitrogens is 1. The van der Waals surface area contributed by atoms with Gasteiger partial charge in [-0.3, -0.25) is 9.52 Å². The van der Waals surface area contributed by atoms with E-state index in [0.717, 1.165) is 27.6 Å². The SMILES string of the molecule is CCS(=O)(=O)Nc1cccc2c1nc(-c1cn(C)c3c(=O)[nH]ccc13)n2Cc1ccccc1C. The highest BCUT2D eigenvalue weighted by atomic mass is 32.2. The minimum absolute atomic E-state index is 0.0355. The van der Waals surface area contributed by atoms with Crippen LogP contribution in [0.15, 0.2) is 65.7 Å². The molecule has 0 fully saturated rings. The first-order chi connectivity index (χ1) is 16.3. The lowest BCUT2D eigenvalue weighted by Gasteiger charge is -2.12. The quantitative estimate of drug-likeness (QED) is 0.387. The lowest BCUT2D eigenvalue weighted by Crippen LogP contribution is -2.14. The van der Waals surface area contributed by atoms with Crippen molar-refractivity contribution in [1.82, 2.24) is 19.1 Å². The predicted octanol–water partition coefficient (Wildman–Crippen LogP) is 4.00. The second-order valence-electron chi connectivity index (χ2n) is 8.35. The number of hydrogen-bond acceptors (Lipinski definition) is 4. The molecule has 0 bridgehead atoms. The van der Waals surface area contributed by atoms with Crippen LogP contribution in [-0.2, 0) is 23.6 Å². The zero-order valence-corrected chi connectivity index (χ0v) is 20.0. The highest BCUT2D eigenvalue weighted by Crippen LogP contribution is 2.34. The van der Waals surface area contributed by atoms with Gasteiger partial charge in [0.2, 0.25) is 10.0 Å². The highest BCUT2D eigenvalue weighted by Gasteiger charge is 2.21. The van der Waals surface area contributed by atoms with Crippen LogP contribution in [0.3, 0.4) is 0 Å². The molecule has 0 radical (unpaired) electrons. The summed E-state index contributed by atoms with van der Waals surface area (Å²) in [5.41, 5.74) is 5.25. The zero-order chi connectivity index (χ0) is 24.0. The van der Waals surface area contributed by atoms with Crippen molar-refractivity contribution in [3.8, 4) is 11.4 Å². The molecule has 9 heteroatoms. The number of benzene rings is 2. The van der Waals surface area contributed by atoms with Gasteiger partial charge >= 0.3 is 0 Å². The van der Waals surface area contributed by atoms with E-state index in [-0.39, 0.29) is 11.3 Å². The molecule has 8 nitrogen and oxygen atoms in total. The number of imidazole rings is 1. The van der Waals surface area contributed by atoms with Crippen molar-refractivity contribution in [3.05, 3.63) is 82.4 Å². The van der Waals surface area contributed by atoms with Gasteiger partial charge in [0, 0.05) is 36.9 Å². The molecule has 34 heavy (non-hydrogen) atoms. The van der Waals surface area contributed by atoms with Crippen LogP contribution in [0, 0.1) is 6.92 Å². The molecule has 0 spiro atoms. The summed E-state index contributed by atoms with van der Waals surface area (Å²) in [7, 11) is -1.65. The van der Waals surface area contributed by atoms with E-state index >= 15 is 0 Å². The molecule has 2 N–H and O–H groups in total. The van der Waals surface area contributed by atoms with Crippen molar-refractivity contribution in [1.29, 1.82) is 0 Å². The number of rotatable bonds is 6. The van der Waals surface area contributed by atoms with Crippen molar-refractivity contribution in [2.24, 2.45) is 7.05 Å². The Bertz CT molecular complexity index is 1710. The van der Waals surface area contributed by atoms with Crippen LogP contribution in [0.25, 0.3) is 33.3 Å². The van der Waals surface area contributed by atoms with Crippen LogP contribution in [0.4, 0.5) is 5.69 Å². The fraction of sp³-hybridized carbons (Fsp3) is 0.200. The standard InChI is InChI=1S/C25H25N5O3S/c1-4-34(32,33)28-20-10-7-11-21-22(20)27-24(30(21)14-17-9-6-5-8-16(17)2)19-15-29(3)23-18(19)12-13-26-25(23)31/h5-13,15,28H,4,14H2,1-3H3,(H,26,31).